The van der Waals surface area contributed by atoms with Crippen molar-refractivity contribution >= 4 is 0 Å². The number of rotatable bonds is 2. The van der Waals surface area contributed by atoms with Gasteiger partial charge in [0.1, 0.15) is 0 Å². The zero-order valence-electron chi connectivity index (χ0n) is 17.1. The molecule has 2 saturated carbocycles. The SMILES string of the molecule is NC1CCC(N2CCCCC2)CC1.NC1CCC(N2CCCCC2)CC1. The van der Waals surface area contributed by atoms with Crippen LogP contribution in [0, 0.1) is 0 Å². The van der Waals surface area contributed by atoms with Crippen LogP contribution in [0.2, 0.25) is 0 Å². The van der Waals surface area contributed by atoms with Crippen molar-refractivity contribution in [2.75, 3.05) is 26.2 Å². The highest BCUT2D eigenvalue weighted by Gasteiger charge is 2.25. The number of hydrogen-bond donors (Lipinski definition) is 2. The van der Waals surface area contributed by atoms with Gasteiger partial charge in [-0.2, -0.15) is 0 Å². The van der Waals surface area contributed by atoms with E-state index in [4.69, 9.17) is 11.5 Å². The summed E-state index contributed by atoms with van der Waals surface area (Å²) in [7, 11) is 0. The Bertz CT molecular complexity index is 324. The maximum absolute atomic E-state index is 5.91. The van der Waals surface area contributed by atoms with Gasteiger partial charge >= 0.3 is 0 Å². The van der Waals surface area contributed by atoms with Crippen molar-refractivity contribution in [3.63, 3.8) is 0 Å². The fourth-order valence-electron chi connectivity index (χ4n) is 5.50. The van der Waals surface area contributed by atoms with Gasteiger partial charge in [0.05, 0.1) is 0 Å². The predicted molar refractivity (Wildman–Crippen MR) is 111 cm³/mol. The van der Waals surface area contributed by atoms with Crippen LogP contribution in [0.1, 0.15) is 89.9 Å². The molecule has 0 aromatic rings. The van der Waals surface area contributed by atoms with Crippen LogP contribution in [-0.4, -0.2) is 60.1 Å². The van der Waals surface area contributed by atoms with Gasteiger partial charge in [0, 0.05) is 24.2 Å². The Hall–Kier alpha value is -0.160. The number of nitrogens with two attached hydrogens (primary N) is 2. The molecule has 2 aliphatic carbocycles. The molecule has 0 atom stereocenters. The van der Waals surface area contributed by atoms with Crippen molar-refractivity contribution in [3.05, 3.63) is 0 Å². The third-order valence-corrected chi connectivity index (χ3v) is 7.30. The van der Waals surface area contributed by atoms with Gasteiger partial charge < -0.3 is 21.3 Å². The second-order valence-corrected chi connectivity index (χ2v) is 9.33. The largest absolute Gasteiger partial charge is 0.328 e. The summed E-state index contributed by atoms with van der Waals surface area (Å²) in [5.74, 6) is 0. The minimum atomic E-state index is 0.501. The second-order valence-electron chi connectivity index (χ2n) is 9.33. The van der Waals surface area contributed by atoms with Gasteiger partial charge in [0.2, 0.25) is 0 Å². The van der Waals surface area contributed by atoms with E-state index in [1.165, 1.54) is 116 Å². The molecule has 0 radical (unpaired) electrons. The summed E-state index contributed by atoms with van der Waals surface area (Å²) in [4.78, 5) is 5.41. The first-order valence-electron chi connectivity index (χ1n) is 11.7. The van der Waals surface area contributed by atoms with Crippen LogP contribution < -0.4 is 11.5 Å². The average Bonchev–Trinajstić information content (AvgIpc) is 2.71. The maximum Gasteiger partial charge on any atom is 0.00964 e. The molecule has 152 valence electrons. The lowest BCUT2D eigenvalue weighted by molar-refractivity contribution is 0.125. The minimum Gasteiger partial charge on any atom is -0.328 e. The first-order chi connectivity index (χ1) is 12.7. The number of hydrogen-bond acceptors (Lipinski definition) is 4. The summed E-state index contributed by atoms with van der Waals surface area (Å²) in [6.45, 7) is 5.39. The molecule has 0 bridgehead atoms. The quantitative estimate of drug-likeness (QED) is 0.787. The lowest BCUT2D eigenvalue weighted by Gasteiger charge is -2.38. The van der Waals surface area contributed by atoms with E-state index in [-0.39, 0.29) is 0 Å². The molecule has 2 saturated heterocycles. The van der Waals surface area contributed by atoms with Crippen LogP contribution in [0.5, 0.6) is 0 Å². The summed E-state index contributed by atoms with van der Waals surface area (Å²) in [6, 6.07) is 2.75. The molecule has 0 spiro atoms. The Balaban J connectivity index is 0.000000151. The molecule has 4 rings (SSSR count). The Morgan fingerprint density at radius 3 is 1.04 bits per heavy atom. The van der Waals surface area contributed by atoms with Crippen molar-refractivity contribution in [1.82, 2.24) is 9.80 Å². The van der Waals surface area contributed by atoms with Gasteiger partial charge in [-0.3, -0.25) is 0 Å². The number of piperidine rings is 2. The van der Waals surface area contributed by atoms with Crippen LogP contribution in [0.25, 0.3) is 0 Å². The third-order valence-electron chi connectivity index (χ3n) is 7.30. The van der Waals surface area contributed by atoms with Crippen LogP contribution in [-0.2, 0) is 0 Å². The van der Waals surface area contributed by atoms with E-state index in [2.05, 4.69) is 9.80 Å². The van der Waals surface area contributed by atoms with Crippen molar-refractivity contribution < 1.29 is 0 Å². The Kier molecular flexibility index (Phi) is 8.70. The van der Waals surface area contributed by atoms with E-state index in [1.807, 2.05) is 0 Å². The summed E-state index contributed by atoms with van der Waals surface area (Å²) in [5.41, 5.74) is 11.8. The van der Waals surface area contributed by atoms with Crippen LogP contribution in [0.15, 0.2) is 0 Å². The maximum atomic E-state index is 5.91. The van der Waals surface area contributed by atoms with E-state index in [9.17, 15) is 0 Å². The predicted octanol–water partition coefficient (Wildman–Crippen LogP) is 3.48. The van der Waals surface area contributed by atoms with Gasteiger partial charge in [-0.1, -0.05) is 12.8 Å². The molecule has 2 aliphatic heterocycles. The topological polar surface area (TPSA) is 58.5 Å². The molecule has 4 heteroatoms. The molecular formula is C22H44N4. The molecule has 4 nitrogen and oxygen atoms in total. The first-order valence-corrected chi connectivity index (χ1v) is 11.7. The molecule has 4 aliphatic rings. The van der Waals surface area contributed by atoms with E-state index in [1.54, 1.807) is 0 Å². The highest BCUT2D eigenvalue weighted by atomic mass is 15.2. The zero-order chi connectivity index (χ0) is 18.2. The number of likely N-dealkylation sites (tertiary alicyclic amines) is 2. The molecule has 2 heterocycles. The highest BCUT2D eigenvalue weighted by Crippen LogP contribution is 2.25. The fraction of sp³-hybridized carbons (Fsp3) is 1.00. The van der Waals surface area contributed by atoms with Crippen molar-refractivity contribution in [1.29, 1.82) is 0 Å². The Labute approximate surface area is 162 Å². The Morgan fingerprint density at radius 2 is 0.731 bits per heavy atom. The number of nitrogens with zero attached hydrogens (tertiary/aromatic N) is 2. The molecule has 0 aromatic heterocycles. The first kappa shape index (κ1) is 20.6. The lowest BCUT2D eigenvalue weighted by Crippen LogP contribution is -2.43. The van der Waals surface area contributed by atoms with E-state index in [0.717, 1.165) is 12.1 Å². The standard InChI is InChI=1S/2C11H22N2/c2*12-10-4-6-11(7-5-10)13-8-2-1-3-9-13/h2*10-11H,1-9,12H2. The molecule has 0 amide bonds. The molecular weight excluding hydrogens is 320 g/mol. The minimum absolute atomic E-state index is 0.501. The summed E-state index contributed by atoms with van der Waals surface area (Å²) in [6.07, 6.45) is 19.0. The Morgan fingerprint density at radius 1 is 0.423 bits per heavy atom. The molecule has 0 aromatic carbocycles. The second kappa shape index (κ2) is 11.0. The van der Waals surface area contributed by atoms with Crippen LogP contribution in [0.3, 0.4) is 0 Å². The van der Waals surface area contributed by atoms with Crippen LogP contribution >= 0.6 is 0 Å². The van der Waals surface area contributed by atoms with Gasteiger partial charge in [0.15, 0.2) is 0 Å². The summed E-state index contributed by atoms with van der Waals surface area (Å²) in [5, 5.41) is 0. The monoisotopic (exact) mass is 364 g/mol. The van der Waals surface area contributed by atoms with Crippen molar-refractivity contribution in [2.24, 2.45) is 11.5 Å². The molecule has 26 heavy (non-hydrogen) atoms. The van der Waals surface area contributed by atoms with Crippen molar-refractivity contribution in [2.45, 2.75) is 114 Å². The average molecular weight is 365 g/mol. The van der Waals surface area contributed by atoms with Gasteiger partial charge in [-0.25, -0.2) is 0 Å². The molecule has 4 N–H and O–H groups in total. The highest BCUT2D eigenvalue weighted by molar-refractivity contribution is 4.83. The summed E-state index contributed by atoms with van der Waals surface area (Å²) < 4.78 is 0. The zero-order valence-corrected chi connectivity index (χ0v) is 17.1. The lowest BCUT2D eigenvalue weighted by atomic mass is 9.90. The summed E-state index contributed by atoms with van der Waals surface area (Å²) >= 11 is 0. The van der Waals surface area contributed by atoms with Gasteiger partial charge in [-0.05, 0) is 103 Å². The van der Waals surface area contributed by atoms with E-state index < -0.39 is 0 Å². The fourth-order valence-corrected chi connectivity index (χ4v) is 5.50. The smallest absolute Gasteiger partial charge is 0.00964 e. The van der Waals surface area contributed by atoms with E-state index in [0.29, 0.717) is 12.1 Å². The van der Waals surface area contributed by atoms with Crippen molar-refractivity contribution in [3.8, 4) is 0 Å². The van der Waals surface area contributed by atoms with Gasteiger partial charge in [-0.15, -0.1) is 0 Å². The third kappa shape index (κ3) is 6.47. The van der Waals surface area contributed by atoms with Crippen LogP contribution in [0.4, 0.5) is 0 Å². The molecule has 0 unspecified atom stereocenters. The normalized spacial score (nSPS) is 37.6. The van der Waals surface area contributed by atoms with E-state index >= 15 is 0 Å². The molecule has 4 fully saturated rings. The van der Waals surface area contributed by atoms with Gasteiger partial charge in [0.25, 0.3) is 0 Å².